The largest absolute Gasteiger partial charge is 0.481 e. The molecule has 0 aliphatic heterocycles. The van der Waals surface area contributed by atoms with Crippen LogP contribution >= 0.6 is 0 Å². The van der Waals surface area contributed by atoms with E-state index in [0.717, 1.165) is 0 Å². The molecule has 37 heavy (non-hydrogen) atoms. The molecule has 0 aromatic carbocycles. The summed E-state index contributed by atoms with van der Waals surface area (Å²) in [4.78, 5) is 47.9. The van der Waals surface area contributed by atoms with E-state index in [4.69, 9.17) is 9.52 Å². The number of hydroxylamine groups is 3. The molecule has 208 valence electrons. The lowest BCUT2D eigenvalue weighted by Crippen LogP contribution is -2.24. The molecule has 0 unspecified atom stereocenters. The molecule has 0 bridgehead atoms. The summed E-state index contributed by atoms with van der Waals surface area (Å²) in [5, 5.41) is 9.21. The zero-order valence-corrected chi connectivity index (χ0v) is 22.1. The average molecular weight is 525 g/mol. The second kappa shape index (κ2) is 30.2. The van der Waals surface area contributed by atoms with Crippen molar-refractivity contribution in [2.45, 2.75) is 38.5 Å². The number of carbonyl (C=O) groups is 3. The highest BCUT2D eigenvalue weighted by atomic mass is 16.7. The van der Waals surface area contributed by atoms with Crippen LogP contribution in [-0.4, -0.2) is 66.1 Å². The van der Waals surface area contributed by atoms with Gasteiger partial charge in [-0.05, 0) is 19.3 Å². The highest BCUT2D eigenvalue weighted by Crippen LogP contribution is 2.02. The van der Waals surface area contributed by atoms with Gasteiger partial charge in [-0.15, -0.1) is 19.7 Å². The van der Waals surface area contributed by atoms with Crippen LogP contribution in [-0.2, 0) is 19.3 Å². The van der Waals surface area contributed by atoms with Gasteiger partial charge in [-0.2, -0.15) is 0 Å². The van der Waals surface area contributed by atoms with E-state index in [0.29, 0.717) is 32.1 Å². The normalized spacial score (nSPS) is 8.65. The van der Waals surface area contributed by atoms with Gasteiger partial charge in [-0.25, -0.2) is 20.5 Å². The molecular weight excluding hydrogens is 484 g/mol. The molecule has 0 atom stereocenters. The molecule has 0 saturated heterocycles. The van der Waals surface area contributed by atoms with Gasteiger partial charge in [-0.3, -0.25) is 19.2 Å². The lowest BCUT2D eigenvalue weighted by molar-refractivity contribution is -0.168. The summed E-state index contributed by atoms with van der Waals surface area (Å²) >= 11 is 0. The number of aliphatic carboxylic acids is 1. The van der Waals surface area contributed by atoms with Crippen LogP contribution in [0.15, 0.2) is 78.1 Å². The summed E-state index contributed by atoms with van der Waals surface area (Å²) in [6, 6.07) is 0. The van der Waals surface area contributed by atoms with Crippen molar-refractivity contribution in [3.63, 3.8) is 0 Å². The van der Waals surface area contributed by atoms with E-state index >= 15 is 0 Å². The Hall–Kier alpha value is -3.87. The van der Waals surface area contributed by atoms with Gasteiger partial charge in [0, 0.05) is 33.4 Å². The smallest absolute Gasteiger partial charge is 0.303 e. The molecule has 0 spiro atoms. The third-order valence-electron chi connectivity index (χ3n) is 3.55. The number of nitrogens with zero attached hydrogens (tertiary/aromatic N) is 3. The second-order valence-corrected chi connectivity index (χ2v) is 6.29. The summed E-state index contributed by atoms with van der Waals surface area (Å²) in [6.45, 7) is 10.4. The van der Waals surface area contributed by atoms with E-state index in [1.165, 1.54) is 37.3 Å². The lowest BCUT2D eigenvalue weighted by Gasteiger charge is -2.12. The number of rotatable bonds is 12. The van der Waals surface area contributed by atoms with E-state index in [9.17, 15) is 14.4 Å². The van der Waals surface area contributed by atoms with Crippen LogP contribution in [0.4, 0.5) is 0 Å². The van der Waals surface area contributed by atoms with E-state index in [1.54, 1.807) is 45.6 Å². The number of amides is 1. The maximum absolute atomic E-state index is 11.1. The van der Waals surface area contributed by atoms with Crippen LogP contribution < -0.4 is 5.48 Å². The third kappa shape index (κ3) is 30.1. The number of nitrogens with one attached hydrogen (secondary N) is 1. The number of ketones is 1. The first kappa shape index (κ1) is 37.7. The van der Waals surface area contributed by atoms with Gasteiger partial charge in [0.15, 0.2) is 6.39 Å². The van der Waals surface area contributed by atoms with Crippen LogP contribution in [0.25, 0.3) is 0 Å². The predicted octanol–water partition coefficient (Wildman–Crippen LogP) is 4.27. The van der Waals surface area contributed by atoms with Crippen molar-refractivity contribution in [2.75, 3.05) is 28.3 Å². The van der Waals surface area contributed by atoms with Gasteiger partial charge in [0.25, 0.3) is 5.89 Å². The van der Waals surface area contributed by atoms with Gasteiger partial charge in [0.05, 0.1) is 26.6 Å². The Bertz CT molecular complexity index is 790. The van der Waals surface area contributed by atoms with Gasteiger partial charge < -0.3 is 18.8 Å². The minimum absolute atomic E-state index is 0.0256. The molecule has 12 nitrogen and oxygen atoms in total. The molecular formula is C25H40N4O8. The number of carboxylic acids is 1. The zero-order chi connectivity index (χ0) is 28.7. The van der Waals surface area contributed by atoms with Crippen molar-refractivity contribution < 1.29 is 38.0 Å². The maximum Gasteiger partial charge on any atom is 0.303 e. The first-order valence-corrected chi connectivity index (χ1v) is 11.0. The van der Waals surface area contributed by atoms with E-state index in [2.05, 4.69) is 49.3 Å². The number of carbonyl (C=O) groups excluding carboxylic acids is 2. The number of allylic oxidation sites excluding steroid dienone is 3. The van der Waals surface area contributed by atoms with Gasteiger partial charge >= 0.3 is 5.97 Å². The van der Waals surface area contributed by atoms with Crippen molar-refractivity contribution >= 4 is 17.7 Å². The Kier molecular flexibility index (Phi) is 30.7. The van der Waals surface area contributed by atoms with Crippen LogP contribution in [0.1, 0.15) is 49.2 Å². The van der Waals surface area contributed by atoms with E-state index < -0.39 is 5.97 Å². The summed E-state index contributed by atoms with van der Waals surface area (Å²) in [5.41, 5.74) is 2.43. The second-order valence-electron chi connectivity index (χ2n) is 6.29. The Balaban J connectivity index is -0.000000409. The molecule has 0 saturated carbocycles. The first-order chi connectivity index (χ1) is 17.7. The van der Waals surface area contributed by atoms with Crippen LogP contribution in [0.3, 0.4) is 0 Å². The highest BCUT2D eigenvalue weighted by Gasteiger charge is 2.08. The molecule has 2 heterocycles. The van der Waals surface area contributed by atoms with E-state index in [-0.39, 0.29) is 24.0 Å². The van der Waals surface area contributed by atoms with Crippen molar-refractivity contribution in [3.8, 4) is 0 Å². The standard InChI is InChI=1S/C8H9NO2.C7H13NO2.C5H8O2.C3H3NO.C2H7NO/c1-2-3-4-7(10)8-9-5-6-11-8;1-4-5-6-7(9)8(2)10-3;1-2-3-4-5(6)7;1-2-5-3-4-1;1-3-4-2/h2,5-6H,1,3-4H2;4H,1,5-6H2,2-3H3;2H,1,3-4H2,(H,6,7);1-3H;3H,1-2H3. The predicted molar refractivity (Wildman–Crippen MR) is 139 cm³/mol. The number of aromatic nitrogens is 2. The minimum Gasteiger partial charge on any atom is -0.481 e. The van der Waals surface area contributed by atoms with Gasteiger partial charge in [0.2, 0.25) is 11.7 Å². The van der Waals surface area contributed by atoms with Crippen molar-refractivity contribution in [2.24, 2.45) is 0 Å². The van der Waals surface area contributed by atoms with Crippen molar-refractivity contribution in [1.29, 1.82) is 0 Å². The number of oxazole rings is 2. The molecule has 12 heteroatoms. The summed E-state index contributed by atoms with van der Waals surface area (Å²) in [5.74, 6) is -0.677. The molecule has 2 aromatic heterocycles. The zero-order valence-electron chi connectivity index (χ0n) is 22.1. The first-order valence-electron chi connectivity index (χ1n) is 11.0. The topological polar surface area (TPSA) is 157 Å². The Labute approximate surface area is 218 Å². The SMILES string of the molecule is C=CCCC(=O)N(C)OC.C=CCCC(=O)O.C=CCCC(=O)c1ncco1.CNOC.c1cocn1. The monoisotopic (exact) mass is 524 g/mol. The van der Waals surface area contributed by atoms with Crippen LogP contribution in [0, 0.1) is 0 Å². The van der Waals surface area contributed by atoms with Crippen molar-refractivity contribution in [3.05, 3.63) is 75.2 Å². The fourth-order valence-electron chi connectivity index (χ4n) is 1.59. The molecule has 0 fully saturated rings. The number of hydrogen-bond acceptors (Lipinski definition) is 10. The molecule has 0 aliphatic rings. The van der Waals surface area contributed by atoms with E-state index in [1.807, 2.05) is 0 Å². The molecule has 2 N–H and O–H groups in total. The quantitative estimate of drug-likeness (QED) is 0.232. The fraction of sp³-hybridized carbons (Fsp3) is 0.400. The van der Waals surface area contributed by atoms with Crippen molar-refractivity contribution in [1.82, 2.24) is 20.5 Å². The Morgan fingerprint density at radius 1 is 1.03 bits per heavy atom. The summed E-state index contributed by atoms with van der Waals surface area (Å²) in [6.07, 6.45) is 15.3. The van der Waals surface area contributed by atoms with Gasteiger partial charge in [-0.1, -0.05) is 18.2 Å². The highest BCUT2D eigenvalue weighted by molar-refractivity contribution is 5.91. The molecule has 0 aliphatic carbocycles. The van der Waals surface area contributed by atoms with Crippen LogP contribution in [0.5, 0.6) is 0 Å². The number of hydrogen-bond donors (Lipinski definition) is 2. The minimum atomic E-state index is -0.764. The summed E-state index contributed by atoms with van der Waals surface area (Å²) in [7, 11) is 6.33. The molecule has 1 amide bonds. The third-order valence-corrected chi connectivity index (χ3v) is 3.55. The van der Waals surface area contributed by atoms with Crippen LogP contribution in [0.2, 0.25) is 0 Å². The Morgan fingerprint density at radius 2 is 1.59 bits per heavy atom. The maximum atomic E-state index is 11.1. The van der Waals surface area contributed by atoms with Gasteiger partial charge in [0.1, 0.15) is 12.5 Å². The number of Topliss-reactive ketones (excluding diaryl/α,β-unsaturated/α-hetero) is 1. The molecule has 2 aromatic rings. The number of carboxylic acid groups (broad SMARTS) is 1. The summed E-state index contributed by atoms with van der Waals surface area (Å²) < 4.78 is 9.27. The average Bonchev–Trinajstić information content (AvgIpc) is 3.67. The lowest BCUT2D eigenvalue weighted by atomic mass is 10.2. The molecule has 0 radical (unpaired) electrons. The Morgan fingerprint density at radius 3 is 1.92 bits per heavy atom. The molecule has 2 rings (SSSR count). The fourth-order valence-corrected chi connectivity index (χ4v) is 1.59.